The molecule has 2 aliphatic heterocycles. The van der Waals surface area contributed by atoms with Crippen LogP contribution in [0.25, 0.3) is 0 Å². The second-order valence-corrected chi connectivity index (χ2v) is 11.7. The third-order valence-electron chi connectivity index (χ3n) is 10.6. The Balaban J connectivity index is 1.34. The van der Waals surface area contributed by atoms with Gasteiger partial charge in [-0.15, -0.1) is 0 Å². The molecule has 2 saturated carbocycles. The van der Waals surface area contributed by atoms with Gasteiger partial charge in [0.1, 0.15) is 5.75 Å². The number of nitrogens with zero attached hydrogens (tertiary/aromatic N) is 2. The van der Waals surface area contributed by atoms with Crippen molar-refractivity contribution in [2.75, 3.05) is 19.6 Å². The molecule has 7 rings (SSSR count). The molecule has 4 fully saturated rings. The number of amides is 1. The van der Waals surface area contributed by atoms with Crippen LogP contribution in [-0.4, -0.2) is 52.5 Å². The number of hydrogen-bond acceptors (Lipinski definition) is 5. The summed E-state index contributed by atoms with van der Waals surface area (Å²) in [4.78, 5) is 30.3. The van der Waals surface area contributed by atoms with Gasteiger partial charge in [-0.2, -0.15) is 0 Å². The standard InChI is InChI=1S/C29H34N2O4/c1-2-3-10-30-11-9-29-22-14-20(32)5-4-18(22)13-25(30)28(29)8-6-23-26(29)19(16-28)17-31(23)27(34)24-15-21(33)7-12-35-24/h4-5,7,12,14-15,19,23,25-26,32H,2-3,6,8-11,13,16-17H2,1H3/t19-,23?,25?,26?,28?,29?/m1/s1. The number of carbonyl (C=O) groups excluding carboxylic acids is 1. The SMILES string of the molecule is CCCCN1CCC23c4cc(O)ccc4CC1C21CCC2C3[C@@H](CN2C(=O)c2cc(=O)cco2)C1. The molecule has 184 valence electrons. The van der Waals surface area contributed by atoms with Crippen molar-refractivity contribution in [2.24, 2.45) is 17.3 Å². The first-order valence-electron chi connectivity index (χ1n) is 13.4. The monoisotopic (exact) mass is 474 g/mol. The van der Waals surface area contributed by atoms with E-state index in [9.17, 15) is 14.7 Å². The quantitative estimate of drug-likeness (QED) is 0.726. The highest BCUT2D eigenvalue weighted by Gasteiger charge is 2.76. The van der Waals surface area contributed by atoms with Crippen LogP contribution in [-0.2, 0) is 11.8 Å². The number of phenols is 1. The first kappa shape index (κ1) is 21.7. The van der Waals surface area contributed by atoms with Gasteiger partial charge in [0, 0.05) is 36.2 Å². The number of phenolic OH excluding ortho intramolecular Hbond substituents is 1. The van der Waals surface area contributed by atoms with E-state index >= 15 is 0 Å². The lowest BCUT2D eigenvalue weighted by atomic mass is 9.43. The van der Waals surface area contributed by atoms with Crippen molar-refractivity contribution < 1.29 is 14.3 Å². The van der Waals surface area contributed by atoms with Gasteiger partial charge in [-0.1, -0.05) is 19.4 Å². The van der Waals surface area contributed by atoms with Gasteiger partial charge in [0.15, 0.2) is 11.2 Å². The largest absolute Gasteiger partial charge is 0.508 e. The van der Waals surface area contributed by atoms with Gasteiger partial charge in [0.25, 0.3) is 5.91 Å². The summed E-state index contributed by atoms with van der Waals surface area (Å²) in [6.07, 6.45) is 9.24. The highest BCUT2D eigenvalue weighted by atomic mass is 16.3. The van der Waals surface area contributed by atoms with E-state index in [0.29, 0.717) is 23.6 Å². The Morgan fingerprint density at radius 3 is 2.94 bits per heavy atom. The summed E-state index contributed by atoms with van der Waals surface area (Å²) in [6.45, 7) is 5.28. The highest BCUT2D eigenvalue weighted by Crippen LogP contribution is 2.75. The van der Waals surface area contributed by atoms with Crippen LogP contribution < -0.4 is 5.43 Å². The molecule has 3 aliphatic carbocycles. The summed E-state index contributed by atoms with van der Waals surface area (Å²) in [5.41, 5.74) is 2.79. The number of hydrogen-bond donors (Lipinski definition) is 1. The van der Waals surface area contributed by atoms with E-state index in [-0.39, 0.29) is 34.0 Å². The van der Waals surface area contributed by atoms with Gasteiger partial charge in [-0.05, 0) is 92.1 Å². The minimum absolute atomic E-state index is 0.00679. The molecule has 1 aromatic carbocycles. The summed E-state index contributed by atoms with van der Waals surface area (Å²) >= 11 is 0. The Morgan fingerprint density at radius 2 is 2.11 bits per heavy atom. The van der Waals surface area contributed by atoms with Gasteiger partial charge in [0.2, 0.25) is 0 Å². The Hall–Kier alpha value is -2.60. The van der Waals surface area contributed by atoms with E-state index in [2.05, 4.69) is 24.0 Å². The predicted molar refractivity (Wildman–Crippen MR) is 131 cm³/mol. The van der Waals surface area contributed by atoms with Gasteiger partial charge in [-0.25, -0.2) is 0 Å². The molecule has 0 radical (unpaired) electrons. The van der Waals surface area contributed by atoms with E-state index < -0.39 is 0 Å². The fraction of sp³-hybridized carbons (Fsp3) is 0.586. The smallest absolute Gasteiger partial charge is 0.289 e. The molecule has 6 nitrogen and oxygen atoms in total. The van der Waals surface area contributed by atoms with E-state index in [1.54, 1.807) is 0 Å². The van der Waals surface area contributed by atoms with Crippen molar-refractivity contribution in [1.82, 2.24) is 9.80 Å². The van der Waals surface area contributed by atoms with Crippen molar-refractivity contribution in [3.63, 3.8) is 0 Å². The third kappa shape index (κ3) is 2.69. The predicted octanol–water partition coefficient (Wildman–Crippen LogP) is 3.95. The number of piperidine rings is 1. The van der Waals surface area contributed by atoms with E-state index in [1.165, 1.54) is 48.9 Å². The maximum absolute atomic E-state index is 13.6. The molecule has 0 spiro atoms. The van der Waals surface area contributed by atoms with Crippen LogP contribution in [0.2, 0.25) is 0 Å². The zero-order valence-corrected chi connectivity index (χ0v) is 20.4. The molecule has 35 heavy (non-hydrogen) atoms. The summed E-state index contributed by atoms with van der Waals surface area (Å²) < 4.78 is 5.49. The topological polar surface area (TPSA) is 74.0 Å². The van der Waals surface area contributed by atoms with Gasteiger partial charge < -0.3 is 14.4 Å². The van der Waals surface area contributed by atoms with Crippen LogP contribution in [0.5, 0.6) is 5.75 Å². The Kier molecular flexibility index (Phi) is 4.61. The normalized spacial score (nSPS) is 36.7. The Morgan fingerprint density at radius 1 is 1.23 bits per heavy atom. The second kappa shape index (κ2) is 7.45. The molecule has 6 heteroatoms. The van der Waals surface area contributed by atoms with Gasteiger partial charge in [-0.3, -0.25) is 14.5 Å². The molecule has 2 aromatic rings. The Labute approximate surface area is 205 Å². The van der Waals surface area contributed by atoms with Crippen LogP contribution >= 0.6 is 0 Å². The molecule has 5 aliphatic rings. The molecule has 1 aromatic heterocycles. The Bertz CT molecular complexity index is 1260. The zero-order valence-electron chi connectivity index (χ0n) is 20.4. The fourth-order valence-corrected chi connectivity index (χ4v) is 9.60. The van der Waals surface area contributed by atoms with E-state index in [4.69, 9.17) is 4.42 Å². The van der Waals surface area contributed by atoms with Crippen LogP contribution in [0.4, 0.5) is 0 Å². The number of aromatic hydroxyl groups is 1. The van der Waals surface area contributed by atoms with Crippen molar-refractivity contribution in [3.8, 4) is 5.75 Å². The number of rotatable bonds is 4. The van der Waals surface area contributed by atoms with Crippen LogP contribution in [0.15, 0.2) is 45.8 Å². The number of fused-ring (bicyclic) bond motifs is 1. The third-order valence-corrected chi connectivity index (χ3v) is 10.6. The van der Waals surface area contributed by atoms with Crippen LogP contribution in [0, 0.1) is 17.3 Å². The van der Waals surface area contributed by atoms with Crippen molar-refractivity contribution in [1.29, 1.82) is 0 Å². The minimum Gasteiger partial charge on any atom is -0.508 e. The maximum atomic E-state index is 13.6. The molecule has 1 N–H and O–H groups in total. The molecule has 2 saturated heterocycles. The number of carbonyl (C=O) groups is 1. The van der Waals surface area contributed by atoms with Crippen molar-refractivity contribution in [3.05, 3.63) is 63.7 Å². The first-order chi connectivity index (χ1) is 17.0. The van der Waals surface area contributed by atoms with E-state index in [0.717, 1.165) is 45.2 Å². The lowest BCUT2D eigenvalue weighted by molar-refractivity contribution is -0.101. The first-order valence-corrected chi connectivity index (χ1v) is 13.4. The summed E-state index contributed by atoms with van der Waals surface area (Å²) in [5, 5.41) is 10.6. The molecular formula is C29H34N2O4. The lowest BCUT2D eigenvalue weighted by Crippen LogP contribution is -2.69. The molecule has 6 atom stereocenters. The summed E-state index contributed by atoms with van der Waals surface area (Å²) in [6, 6.07) is 9.46. The number of unbranched alkanes of at least 4 members (excludes halogenated alkanes) is 1. The maximum Gasteiger partial charge on any atom is 0.289 e. The molecule has 5 unspecified atom stereocenters. The molecule has 4 bridgehead atoms. The van der Waals surface area contributed by atoms with Crippen molar-refractivity contribution in [2.45, 2.75) is 69.4 Å². The number of likely N-dealkylation sites (tertiary alicyclic amines) is 2. The lowest BCUT2D eigenvalue weighted by Gasteiger charge is -2.66. The van der Waals surface area contributed by atoms with Crippen LogP contribution in [0.3, 0.4) is 0 Å². The second-order valence-electron chi connectivity index (χ2n) is 11.7. The van der Waals surface area contributed by atoms with Crippen LogP contribution in [0.1, 0.15) is 67.1 Å². The van der Waals surface area contributed by atoms with Gasteiger partial charge >= 0.3 is 0 Å². The minimum atomic E-state index is -0.195. The average Bonchev–Trinajstić information content (AvgIpc) is 3.30. The summed E-state index contributed by atoms with van der Waals surface area (Å²) in [5.74, 6) is 1.21. The average molecular weight is 475 g/mol. The van der Waals surface area contributed by atoms with Crippen molar-refractivity contribution >= 4 is 5.91 Å². The van der Waals surface area contributed by atoms with Gasteiger partial charge in [0.05, 0.1) is 6.26 Å². The van der Waals surface area contributed by atoms with E-state index in [1.807, 2.05) is 11.0 Å². The zero-order chi connectivity index (χ0) is 23.9. The molecular weight excluding hydrogens is 440 g/mol. The molecule has 1 amide bonds. The molecule has 3 heterocycles. The number of benzene rings is 1. The summed E-state index contributed by atoms with van der Waals surface area (Å²) in [7, 11) is 0. The fourth-order valence-electron chi connectivity index (χ4n) is 9.60. The highest BCUT2D eigenvalue weighted by molar-refractivity contribution is 5.92.